The molecule has 0 atom stereocenters. The second kappa shape index (κ2) is 11.5. The Morgan fingerprint density at radius 1 is 1.00 bits per heavy atom. The molecule has 2 aromatic rings. The van der Waals surface area contributed by atoms with Gasteiger partial charge in [0.05, 0.1) is 0 Å². The van der Waals surface area contributed by atoms with Crippen molar-refractivity contribution in [3.63, 3.8) is 0 Å². The van der Waals surface area contributed by atoms with Gasteiger partial charge in [-0.25, -0.2) is 4.39 Å². The molecule has 6 nitrogen and oxygen atoms in total. The normalized spacial score (nSPS) is 10.7. The van der Waals surface area contributed by atoms with E-state index < -0.39 is 5.82 Å². The summed E-state index contributed by atoms with van der Waals surface area (Å²) in [5, 5.41) is 5.59. The number of hydrogen-bond acceptors (Lipinski definition) is 4. The molecule has 0 saturated heterocycles. The van der Waals surface area contributed by atoms with Gasteiger partial charge in [0.15, 0.2) is 0 Å². The molecule has 0 aliphatic rings. The zero-order valence-corrected chi connectivity index (χ0v) is 15.0. The van der Waals surface area contributed by atoms with E-state index in [4.69, 9.17) is 0 Å². The number of nitrogens with one attached hydrogen (secondary N) is 2. The van der Waals surface area contributed by atoms with Crippen LogP contribution < -0.4 is 10.6 Å². The van der Waals surface area contributed by atoms with Crippen LogP contribution in [0.2, 0.25) is 0 Å². The maximum atomic E-state index is 13.4. The van der Waals surface area contributed by atoms with Gasteiger partial charge in [-0.3, -0.25) is 19.6 Å². The number of pyridine rings is 2. The van der Waals surface area contributed by atoms with E-state index in [0.717, 1.165) is 25.7 Å². The van der Waals surface area contributed by atoms with Gasteiger partial charge in [-0.15, -0.1) is 0 Å². The Labute approximate surface area is 157 Å². The van der Waals surface area contributed by atoms with Gasteiger partial charge in [0.2, 0.25) is 5.91 Å². The van der Waals surface area contributed by atoms with Crippen LogP contribution in [0, 0.1) is 5.82 Å². The lowest BCUT2D eigenvalue weighted by atomic mass is 10.2. The standard InChI is InChI=1S/C20H23FN4O2/c21-17-10-14-22-15-16(17)8-9-19(26)24-12-4-1-2-5-13-25-20(27)18-7-3-6-11-23-18/h3,6-11,14-15H,1-2,4-5,12-13H2,(H,24,26)(H,25,27). The van der Waals surface area contributed by atoms with Crippen molar-refractivity contribution >= 4 is 17.9 Å². The van der Waals surface area contributed by atoms with E-state index in [-0.39, 0.29) is 17.4 Å². The van der Waals surface area contributed by atoms with Crippen molar-refractivity contribution in [1.82, 2.24) is 20.6 Å². The lowest BCUT2D eigenvalue weighted by Crippen LogP contribution is -2.25. The van der Waals surface area contributed by atoms with E-state index in [1.165, 1.54) is 30.6 Å². The number of rotatable bonds is 10. The van der Waals surface area contributed by atoms with Crippen LogP contribution in [0.5, 0.6) is 0 Å². The van der Waals surface area contributed by atoms with Crippen molar-refractivity contribution in [3.8, 4) is 0 Å². The molecule has 0 unspecified atom stereocenters. The quantitative estimate of drug-likeness (QED) is 0.498. The Morgan fingerprint density at radius 3 is 2.48 bits per heavy atom. The van der Waals surface area contributed by atoms with Crippen LogP contribution >= 0.6 is 0 Å². The molecule has 0 bridgehead atoms. The fourth-order valence-electron chi connectivity index (χ4n) is 2.34. The Balaban J connectivity index is 1.50. The number of unbranched alkanes of at least 4 members (excludes halogenated alkanes) is 3. The average molecular weight is 370 g/mol. The SMILES string of the molecule is O=C(C=Cc1cnccc1F)NCCCCCCNC(=O)c1ccccn1. The van der Waals surface area contributed by atoms with Crippen LogP contribution in [0.1, 0.15) is 41.7 Å². The van der Waals surface area contributed by atoms with Crippen LogP contribution in [0.3, 0.4) is 0 Å². The smallest absolute Gasteiger partial charge is 0.269 e. The van der Waals surface area contributed by atoms with Gasteiger partial charge in [-0.2, -0.15) is 0 Å². The number of carbonyl (C=O) groups excluding carboxylic acids is 2. The maximum absolute atomic E-state index is 13.4. The molecule has 2 rings (SSSR count). The Hall–Kier alpha value is -3.09. The van der Waals surface area contributed by atoms with Crippen LogP contribution in [0.4, 0.5) is 4.39 Å². The van der Waals surface area contributed by atoms with Gasteiger partial charge < -0.3 is 10.6 Å². The van der Waals surface area contributed by atoms with Gasteiger partial charge in [0, 0.05) is 43.3 Å². The Kier molecular flexibility index (Phi) is 8.62. The fraction of sp³-hybridized carbons (Fsp3) is 0.300. The largest absolute Gasteiger partial charge is 0.353 e. The first-order chi connectivity index (χ1) is 13.2. The highest BCUT2D eigenvalue weighted by Gasteiger charge is 2.04. The van der Waals surface area contributed by atoms with Gasteiger partial charge >= 0.3 is 0 Å². The van der Waals surface area contributed by atoms with E-state index in [9.17, 15) is 14.0 Å². The highest BCUT2D eigenvalue weighted by atomic mass is 19.1. The number of carbonyl (C=O) groups is 2. The van der Waals surface area contributed by atoms with Crippen LogP contribution in [-0.2, 0) is 4.79 Å². The Morgan fingerprint density at radius 2 is 1.78 bits per heavy atom. The summed E-state index contributed by atoms with van der Waals surface area (Å²) in [5.41, 5.74) is 0.694. The molecule has 0 aromatic carbocycles. The number of aromatic nitrogens is 2. The van der Waals surface area contributed by atoms with E-state index in [1.54, 1.807) is 24.4 Å². The second-order valence-electron chi connectivity index (χ2n) is 5.91. The molecule has 0 aliphatic carbocycles. The molecule has 0 radical (unpaired) electrons. The highest BCUT2D eigenvalue weighted by molar-refractivity contribution is 5.92. The molecule has 0 spiro atoms. The van der Waals surface area contributed by atoms with E-state index in [1.807, 2.05) is 0 Å². The fourth-order valence-corrected chi connectivity index (χ4v) is 2.34. The summed E-state index contributed by atoms with van der Waals surface area (Å²) in [5.74, 6) is -0.843. The van der Waals surface area contributed by atoms with Crippen LogP contribution in [0.25, 0.3) is 6.08 Å². The minimum atomic E-state index is -0.413. The van der Waals surface area contributed by atoms with Gasteiger partial charge in [-0.05, 0) is 37.1 Å². The third-order valence-corrected chi connectivity index (χ3v) is 3.80. The van der Waals surface area contributed by atoms with E-state index in [2.05, 4.69) is 20.6 Å². The summed E-state index contributed by atoms with van der Waals surface area (Å²) in [6.07, 6.45) is 10.6. The molecule has 7 heteroatoms. The zero-order chi connectivity index (χ0) is 19.3. The summed E-state index contributed by atoms with van der Waals surface area (Å²) in [6.45, 7) is 1.15. The van der Waals surface area contributed by atoms with Crippen molar-refractivity contribution in [2.24, 2.45) is 0 Å². The Bertz CT molecular complexity index is 766. The number of halogens is 1. The molecule has 142 valence electrons. The lowest BCUT2D eigenvalue weighted by Gasteiger charge is -2.05. The predicted octanol–water partition coefficient (Wildman–Crippen LogP) is 2.74. The number of hydrogen-bond donors (Lipinski definition) is 2. The van der Waals surface area contributed by atoms with Crippen molar-refractivity contribution in [3.05, 3.63) is 66.0 Å². The van der Waals surface area contributed by atoms with E-state index >= 15 is 0 Å². The van der Waals surface area contributed by atoms with E-state index in [0.29, 0.717) is 18.8 Å². The molecule has 0 fully saturated rings. The third kappa shape index (κ3) is 7.77. The third-order valence-electron chi connectivity index (χ3n) is 3.80. The number of nitrogens with zero attached hydrogens (tertiary/aromatic N) is 2. The summed E-state index contributed by atoms with van der Waals surface area (Å²) >= 11 is 0. The van der Waals surface area contributed by atoms with Gasteiger partial charge in [-0.1, -0.05) is 18.9 Å². The number of amides is 2. The monoisotopic (exact) mass is 370 g/mol. The topological polar surface area (TPSA) is 84.0 Å². The molecule has 2 N–H and O–H groups in total. The molecule has 2 heterocycles. The molecular weight excluding hydrogens is 347 g/mol. The molecule has 2 aromatic heterocycles. The van der Waals surface area contributed by atoms with Gasteiger partial charge in [0.25, 0.3) is 5.91 Å². The average Bonchev–Trinajstić information content (AvgIpc) is 2.70. The van der Waals surface area contributed by atoms with Crippen molar-refractivity contribution in [2.75, 3.05) is 13.1 Å². The lowest BCUT2D eigenvalue weighted by molar-refractivity contribution is -0.116. The summed E-state index contributed by atoms with van der Waals surface area (Å²) in [7, 11) is 0. The van der Waals surface area contributed by atoms with Crippen molar-refractivity contribution in [2.45, 2.75) is 25.7 Å². The first kappa shape index (κ1) is 20.2. The molecule has 27 heavy (non-hydrogen) atoms. The summed E-state index contributed by atoms with van der Waals surface area (Å²) in [4.78, 5) is 31.3. The molecule has 0 aliphatic heterocycles. The highest BCUT2D eigenvalue weighted by Crippen LogP contribution is 2.06. The molecular formula is C20H23FN4O2. The van der Waals surface area contributed by atoms with Crippen molar-refractivity contribution < 1.29 is 14.0 Å². The zero-order valence-electron chi connectivity index (χ0n) is 15.0. The maximum Gasteiger partial charge on any atom is 0.269 e. The predicted molar refractivity (Wildman–Crippen MR) is 101 cm³/mol. The van der Waals surface area contributed by atoms with Crippen LogP contribution in [0.15, 0.2) is 48.9 Å². The molecule has 2 amide bonds. The first-order valence-corrected chi connectivity index (χ1v) is 8.91. The van der Waals surface area contributed by atoms with Gasteiger partial charge in [0.1, 0.15) is 11.5 Å². The van der Waals surface area contributed by atoms with Crippen molar-refractivity contribution in [1.29, 1.82) is 0 Å². The summed E-state index contributed by atoms with van der Waals surface area (Å²) < 4.78 is 13.4. The first-order valence-electron chi connectivity index (χ1n) is 8.91. The summed E-state index contributed by atoms with van der Waals surface area (Å²) in [6, 6.07) is 6.46. The minimum absolute atomic E-state index is 0.167. The second-order valence-corrected chi connectivity index (χ2v) is 5.91. The minimum Gasteiger partial charge on any atom is -0.353 e. The van der Waals surface area contributed by atoms with Crippen LogP contribution in [-0.4, -0.2) is 34.9 Å². The molecule has 0 saturated carbocycles.